The fraction of sp³-hybridized carbons (Fsp3) is 0.333. The number of nitrogens with one attached hydrogen (secondary N) is 2. The van der Waals surface area contributed by atoms with Gasteiger partial charge in [-0.1, -0.05) is 16.9 Å². The quantitative estimate of drug-likeness (QED) is 0.0707. The first-order chi connectivity index (χ1) is 19.4. The number of carboxylic acid groups (broad SMARTS) is 1. The molecule has 0 saturated carbocycles. The van der Waals surface area contributed by atoms with Crippen LogP contribution in [0.15, 0.2) is 46.1 Å². The Labute approximate surface area is 238 Å². The second-order valence-electron chi connectivity index (χ2n) is 8.30. The molecule has 1 fully saturated rings. The molecule has 208 valence electrons. The zero-order chi connectivity index (χ0) is 28.2. The van der Waals surface area contributed by atoms with E-state index in [1.54, 1.807) is 6.92 Å². The topological polar surface area (TPSA) is 218 Å². The van der Waals surface area contributed by atoms with Crippen molar-refractivity contribution in [2.45, 2.75) is 35.8 Å². The van der Waals surface area contributed by atoms with Gasteiger partial charge in [-0.05, 0) is 18.2 Å². The lowest BCUT2D eigenvalue weighted by Gasteiger charge is -2.49. The van der Waals surface area contributed by atoms with E-state index >= 15 is 0 Å². The van der Waals surface area contributed by atoms with Crippen LogP contribution in [0.5, 0.6) is 0 Å². The van der Waals surface area contributed by atoms with Crippen LogP contribution in [0.1, 0.15) is 18.3 Å². The lowest BCUT2D eigenvalue weighted by Crippen LogP contribution is -2.71. The summed E-state index contributed by atoms with van der Waals surface area (Å²) in [6.45, 7) is 2.15. The first kappa shape index (κ1) is 27.5. The SMILES string of the molecule is CCON=C(C(=O)NC1C(=O)N2C(C(=O)O)=C(C[n+]3cccc(CSc4nn[nH]n4)c3)CS[C@H]12)c1nsc(N)n1. The highest BCUT2D eigenvalue weighted by atomic mass is 32.2. The van der Waals surface area contributed by atoms with Crippen molar-refractivity contribution < 1.29 is 28.9 Å². The molecule has 16 nitrogen and oxygen atoms in total. The number of carboxylic acids is 1. The molecule has 2 aliphatic rings. The molecule has 1 unspecified atom stereocenters. The van der Waals surface area contributed by atoms with Crippen LogP contribution in [0.25, 0.3) is 0 Å². The first-order valence-electron chi connectivity index (χ1n) is 11.7. The van der Waals surface area contributed by atoms with Gasteiger partial charge < -0.3 is 21.0 Å². The van der Waals surface area contributed by atoms with E-state index in [2.05, 4.69) is 40.5 Å². The van der Waals surface area contributed by atoms with Crippen molar-refractivity contribution in [1.29, 1.82) is 0 Å². The number of oxime groups is 1. The Bertz CT molecular complexity index is 1490. The maximum absolute atomic E-state index is 13.1. The summed E-state index contributed by atoms with van der Waals surface area (Å²) in [5.74, 6) is -1.59. The number of carbonyl (C=O) groups is 3. The van der Waals surface area contributed by atoms with E-state index in [9.17, 15) is 19.5 Å². The summed E-state index contributed by atoms with van der Waals surface area (Å²) in [5.41, 5.74) is 6.85. The molecule has 19 heteroatoms. The molecule has 3 aromatic heterocycles. The number of aromatic nitrogens is 7. The third-order valence-corrected chi connectivity index (χ3v) is 8.47. The molecule has 5 N–H and O–H groups in total. The number of tetrazole rings is 1. The van der Waals surface area contributed by atoms with Gasteiger partial charge in [0, 0.05) is 40.2 Å². The zero-order valence-corrected chi connectivity index (χ0v) is 23.2. The summed E-state index contributed by atoms with van der Waals surface area (Å²) < 4.78 is 5.85. The number of pyridine rings is 1. The molecule has 5 rings (SSSR count). The second-order valence-corrected chi connectivity index (χ2v) is 11.1. The van der Waals surface area contributed by atoms with Crippen molar-refractivity contribution in [3.05, 3.63) is 47.2 Å². The molecule has 0 aliphatic carbocycles. The van der Waals surface area contributed by atoms with Gasteiger partial charge in [-0.25, -0.2) is 9.36 Å². The number of nitrogen functional groups attached to an aromatic ring is 1. The minimum absolute atomic E-state index is 0.0308. The van der Waals surface area contributed by atoms with Gasteiger partial charge in [0.25, 0.3) is 11.8 Å². The Morgan fingerprint density at radius 3 is 3.00 bits per heavy atom. The van der Waals surface area contributed by atoms with Gasteiger partial charge in [0.05, 0.1) is 0 Å². The van der Waals surface area contributed by atoms with Crippen LogP contribution in [-0.4, -0.2) is 87.3 Å². The summed E-state index contributed by atoms with van der Waals surface area (Å²) in [4.78, 5) is 48.6. The number of β-lactam (4-membered cyclic amide) rings is 1. The van der Waals surface area contributed by atoms with Crippen molar-refractivity contribution in [2.24, 2.45) is 5.16 Å². The molecular formula is C21H22N11O5S3+. The fourth-order valence-corrected chi connectivity index (χ4v) is 6.44. The molecule has 0 radical (unpaired) electrons. The summed E-state index contributed by atoms with van der Waals surface area (Å²) in [6.07, 6.45) is 3.72. The van der Waals surface area contributed by atoms with Crippen LogP contribution in [0.4, 0.5) is 5.13 Å². The average molecular weight is 605 g/mol. The summed E-state index contributed by atoms with van der Waals surface area (Å²) in [7, 11) is 0. The van der Waals surface area contributed by atoms with Crippen molar-refractivity contribution in [3.63, 3.8) is 0 Å². The number of nitrogens with two attached hydrogens (primary N) is 1. The number of H-pyrrole nitrogens is 1. The number of carbonyl (C=O) groups excluding carboxylic acids is 2. The maximum Gasteiger partial charge on any atom is 0.352 e. The van der Waals surface area contributed by atoms with Gasteiger partial charge in [0.1, 0.15) is 23.7 Å². The molecule has 0 aromatic carbocycles. The lowest BCUT2D eigenvalue weighted by atomic mass is 10.0. The van der Waals surface area contributed by atoms with E-state index in [4.69, 9.17) is 10.6 Å². The zero-order valence-electron chi connectivity index (χ0n) is 20.8. The maximum atomic E-state index is 13.1. The number of fused-ring (bicyclic) bond motifs is 1. The highest BCUT2D eigenvalue weighted by Gasteiger charge is 2.54. The van der Waals surface area contributed by atoms with Gasteiger partial charge >= 0.3 is 5.97 Å². The van der Waals surface area contributed by atoms with Crippen molar-refractivity contribution >= 4 is 63.7 Å². The van der Waals surface area contributed by atoms with Crippen LogP contribution in [0.3, 0.4) is 0 Å². The standard InChI is InChI=1S/C21H21N11O5S3/c1-2-37-27-12(15-24-20(22)40-28-15)16(33)23-13-17(34)32-14(19(35)36)11(9-38-18(13)32)7-31-5-3-4-10(6-31)8-39-21-25-29-30-26-21/h3-6,13,18H,2,7-9H2,1H3,(H4-,22,23,24,25,26,28,29,30,33,35,36)/p+1/t13?,18-/m1/s1. The Hall–Kier alpha value is -4.10. The van der Waals surface area contributed by atoms with Gasteiger partial charge in [0.15, 0.2) is 24.1 Å². The molecular weight excluding hydrogens is 583 g/mol. The molecule has 2 atom stereocenters. The van der Waals surface area contributed by atoms with E-state index < -0.39 is 29.2 Å². The van der Waals surface area contributed by atoms with E-state index in [0.717, 1.165) is 17.1 Å². The second kappa shape index (κ2) is 12.0. The fourth-order valence-electron chi connectivity index (χ4n) is 4.00. The monoisotopic (exact) mass is 604 g/mol. The molecule has 40 heavy (non-hydrogen) atoms. The minimum Gasteiger partial charge on any atom is -0.477 e. The smallest absolute Gasteiger partial charge is 0.352 e. The molecule has 3 aromatic rings. The Morgan fingerprint density at radius 2 is 2.30 bits per heavy atom. The number of hydrogen-bond donors (Lipinski definition) is 4. The van der Waals surface area contributed by atoms with Gasteiger partial charge in [-0.3, -0.25) is 14.5 Å². The van der Waals surface area contributed by atoms with E-state index in [1.807, 2.05) is 29.1 Å². The van der Waals surface area contributed by atoms with Gasteiger partial charge in [0.2, 0.25) is 16.7 Å². The Morgan fingerprint density at radius 1 is 1.45 bits per heavy atom. The number of rotatable bonds is 11. The average Bonchev–Trinajstić information content (AvgIpc) is 3.62. The molecule has 5 heterocycles. The lowest BCUT2D eigenvalue weighted by molar-refractivity contribution is -0.689. The summed E-state index contributed by atoms with van der Waals surface area (Å²) in [6, 6.07) is 2.83. The highest BCUT2D eigenvalue weighted by molar-refractivity contribution is 8.00. The number of aromatic amines is 1. The van der Waals surface area contributed by atoms with Crippen LogP contribution >= 0.6 is 35.1 Å². The Balaban J connectivity index is 1.30. The number of amides is 2. The van der Waals surface area contributed by atoms with Crippen LogP contribution in [-0.2, 0) is 31.5 Å². The van der Waals surface area contributed by atoms with Gasteiger partial charge in [-0.15, -0.1) is 22.0 Å². The minimum atomic E-state index is -1.22. The van der Waals surface area contributed by atoms with Crippen molar-refractivity contribution in [2.75, 3.05) is 18.1 Å². The number of aliphatic carboxylic acids is 1. The Kier molecular flexibility index (Phi) is 8.21. The predicted molar refractivity (Wildman–Crippen MR) is 143 cm³/mol. The van der Waals surface area contributed by atoms with Crippen molar-refractivity contribution in [3.8, 4) is 0 Å². The number of anilines is 1. The summed E-state index contributed by atoms with van der Waals surface area (Å²) in [5, 5.41) is 30.2. The van der Waals surface area contributed by atoms with Gasteiger partial charge in [-0.2, -0.15) is 14.6 Å². The molecule has 2 amide bonds. The van der Waals surface area contributed by atoms with Crippen LogP contribution in [0, 0.1) is 0 Å². The van der Waals surface area contributed by atoms with Crippen LogP contribution in [0.2, 0.25) is 0 Å². The van der Waals surface area contributed by atoms with E-state index in [1.165, 1.54) is 28.4 Å². The molecule has 0 spiro atoms. The normalized spacial score (nSPS) is 18.8. The van der Waals surface area contributed by atoms with Crippen molar-refractivity contribution in [1.82, 2.24) is 40.2 Å². The third-order valence-electron chi connectivity index (χ3n) is 5.68. The van der Waals surface area contributed by atoms with E-state index in [-0.39, 0.29) is 35.5 Å². The number of thioether (sulfide) groups is 2. The molecule has 1 saturated heterocycles. The first-order valence-corrected chi connectivity index (χ1v) is 14.5. The number of nitrogens with zero attached hydrogens (tertiary/aromatic N) is 8. The van der Waals surface area contributed by atoms with Crippen LogP contribution < -0.4 is 15.6 Å². The largest absolute Gasteiger partial charge is 0.477 e. The third kappa shape index (κ3) is 5.75. The highest BCUT2D eigenvalue weighted by Crippen LogP contribution is 2.40. The molecule has 2 aliphatic heterocycles. The molecule has 0 bridgehead atoms. The summed E-state index contributed by atoms with van der Waals surface area (Å²) >= 11 is 3.65. The predicted octanol–water partition coefficient (Wildman–Crippen LogP) is -0.607. The number of hydrogen-bond acceptors (Lipinski definition) is 14. The van der Waals surface area contributed by atoms with E-state index in [0.29, 0.717) is 22.2 Å².